The number of amides is 1. The van der Waals surface area contributed by atoms with Crippen LogP contribution in [0.15, 0.2) is 66.1 Å². The molecule has 1 aromatic heterocycles. The van der Waals surface area contributed by atoms with Crippen LogP contribution < -0.4 is 20.5 Å². The van der Waals surface area contributed by atoms with Gasteiger partial charge in [-0.25, -0.2) is 4.98 Å². The van der Waals surface area contributed by atoms with E-state index >= 15 is 0 Å². The number of rotatable bonds is 6. The molecule has 2 N–H and O–H groups in total. The second kappa shape index (κ2) is 9.42. The number of carbonyl (C=O) groups is 1. The normalized spacial score (nSPS) is 17.7. The Morgan fingerprint density at radius 2 is 1.88 bits per heavy atom. The molecule has 2 aromatic carbocycles. The van der Waals surface area contributed by atoms with Gasteiger partial charge in [-0.05, 0) is 23.8 Å². The summed E-state index contributed by atoms with van der Waals surface area (Å²) in [4.78, 5) is 19.4. The van der Waals surface area contributed by atoms with Crippen molar-refractivity contribution in [1.29, 1.82) is 0 Å². The number of aromatic nitrogens is 1. The number of thiazole rings is 1. The maximum Gasteiger partial charge on any atom is 0.244 e. The van der Waals surface area contributed by atoms with Gasteiger partial charge in [-0.1, -0.05) is 42.5 Å². The van der Waals surface area contributed by atoms with Crippen LogP contribution in [0.25, 0.3) is 5.70 Å². The van der Waals surface area contributed by atoms with Crippen molar-refractivity contribution in [3.8, 4) is 5.75 Å². The van der Waals surface area contributed by atoms with E-state index in [-0.39, 0.29) is 18.4 Å². The molecule has 0 radical (unpaired) electrons. The number of carbonyl (C=O) groups excluding carboxylic acids is 1. The highest BCUT2D eigenvalue weighted by atomic mass is 32.1. The lowest BCUT2D eigenvalue weighted by molar-refractivity contribution is -0.121. The number of hydrogen-bond acceptors (Lipinski definition) is 7. The maximum atomic E-state index is 12.6. The Morgan fingerprint density at radius 3 is 2.72 bits per heavy atom. The van der Waals surface area contributed by atoms with Gasteiger partial charge in [-0.3, -0.25) is 15.6 Å². The monoisotopic (exact) mass is 448 g/mol. The summed E-state index contributed by atoms with van der Waals surface area (Å²) in [7, 11) is 0. The van der Waals surface area contributed by atoms with Crippen LogP contribution in [0.5, 0.6) is 5.75 Å². The molecule has 3 aromatic rings. The fourth-order valence-electron chi connectivity index (χ4n) is 3.74. The Bertz CT molecular complexity index is 1110. The summed E-state index contributed by atoms with van der Waals surface area (Å²) in [5.41, 5.74) is 9.44. The predicted octanol–water partition coefficient (Wildman–Crippen LogP) is 3.32. The molecule has 0 saturated carbocycles. The van der Waals surface area contributed by atoms with E-state index in [1.165, 1.54) is 0 Å². The van der Waals surface area contributed by atoms with Crippen molar-refractivity contribution in [1.82, 2.24) is 15.8 Å². The first-order valence-corrected chi connectivity index (χ1v) is 11.5. The average molecular weight is 449 g/mol. The van der Waals surface area contributed by atoms with E-state index in [1.54, 1.807) is 11.3 Å². The Balaban J connectivity index is 1.25. The lowest BCUT2D eigenvalue weighted by Gasteiger charge is -2.26. The van der Waals surface area contributed by atoms with E-state index in [9.17, 15) is 4.79 Å². The van der Waals surface area contributed by atoms with Gasteiger partial charge in [0.05, 0.1) is 31.0 Å². The maximum absolute atomic E-state index is 12.6. The van der Waals surface area contributed by atoms with Gasteiger partial charge >= 0.3 is 0 Å². The molecular weight excluding hydrogens is 424 g/mol. The minimum Gasteiger partial charge on any atom is -0.481 e. The minimum atomic E-state index is -0.236. The SMILES string of the molecule is O=C(Cc1csc(N2CCOCC2)n1)NNC1=C[C@H](c2ccccc2)Oc2ccccc21. The van der Waals surface area contributed by atoms with E-state index < -0.39 is 0 Å². The number of morpholine rings is 1. The van der Waals surface area contributed by atoms with Gasteiger partial charge in [0.1, 0.15) is 11.9 Å². The number of nitrogens with one attached hydrogen (secondary N) is 2. The molecule has 1 amide bonds. The molecule has 32 heavy (non-hydrogen) atoms. The zero-order valence-corrected chi connectivity index (χ0v) is 18.3. The number of ether oxygens (including phenoxy) is 2. The number of fused-ring (bicyclic) bond motifs is 1. The molecule has 1 atom stereocenters. The van der Waals surface area contributed by atoms with Crippen molar-refractivity contribution >= 4 is 28.1 Å². The second-order valence-corrected chi connectivity index (χ2v) is 8.43. The number of anilines is 1. The number of hydrogen-bond donors (Lipinski definition) is 2. The van der Waals surface area contributed by atoms with E-state index in [0.29, 0.717) is 13.2 Å². The molecule has 1 fully saturated rings. The second-order valence-electron chi connectivity index (χ2n) is 7.60. The molecule has 3 heterocycles. The van der Waals surface area contributed by atoms with Crippen molar-refractivity contribution in [3.05, 3.63) is 82.9 Å². The molecular formula is C24H24N4O3S. The van der Waals surface area contributed by atoms with Gasteiger partial charge in [0.2, 0.25) is 5.91 Å². The number of para-hydroxylation sites is 1. The molecule has 1 saturated heterocycles. The van der Waals surface area contributed by atoms with Gasteiger partial charge in [0, 0.05) is 24.0 Å². The van der Waals surface area contributed by atoms with Gasteiger partial charge < -0.3 is 14.4 Å². The van der Waals surface area contributed by atoms with Crippen LogP contribution in [-0.2, 0) is 16.0 Å². The fraction of sp³-hybridized carbons (Fsp3) is 0.250. The Labute approximate surface area is 190 Å². The summed E-state index contributed by atoms with van der Waals surface area (Å²) in [5.74, 6) is 0.625. The fourth-order valence-corrected chi connectivity index (χ4v) is 4.62. The third-order valence-corrected chi connectivity index (χ3v) is 6.33. The highest BCUT2D eigenvalue weighted by Crippen LogP contribution is 2.35. The largest absolute Gasteiger partial charge is 0.481 e. The number of benzene rings is 2. The third kappa shape index (κ3) is 4.61. The van der Waals surface area contributed by atoms with E-state index in [0.717, 1.165) is 46.5 Å². The number of nitrogens with zero attached hydrogens (tertiary/aromatic N) is 2. The minimum absolute atomic E-state index is 0.148. The molecule has 164 valence electrons. The highest BCUT2D eigenvalue weighted by Gasteiger charge is 2.22. The van der Waals surface area contributed by atoms with E-state index in [2.05, 4.69) is 20.7 Å². The van der Waals surface area contributed by atoms with Crippen LogP contribution in [0.3, 0.4) is 0 Å². The van der Waals surface area contributed by atoms with Crippen molar-refractivity contribution < 1.29 is 14.3 Å². The molecule has 0 unspecified atom stereocenters. The lowest BCUT2D eigenvalue weighted by atomic mass is 10.0. The van der Waals surface area contributed by atoms with Crippen LogP contribution in [0.1, 0.15) is 22.9 Å². The summed E-state index contributed by atoms with van der Waals surface area (Å²) in [6.07, 6.45) is 1.96. The van der Waals surface area contributed by atoms with Crippen LogP contribution in [0.4, 0.5) is 5.13 Å². The summed E-state index contributed by atoms with van der Waals surface area (Å²) in [6, 6.07) is 17.8. The van der Waals surface area contributed by atoms with Gasteiger partial charge in [-0.15, -0.1) is 11.3 Å². The van der Waals surface area contributed by atoms with Crippen molar-refractivity contribution in [3.63, 3.8) is 0 Å². The number of hydrazine groups is 1. The van der Waals surface area contributed by atoms with Crippen molar-refractivity contribution in [2.24, 2.45) is 0 Å². The smallest absolute Gasteiger partial charge is 0.244 e. The third-order valence-electron chi connectivity index (χ3n) is 5.38. The van der Waals surface area contributed by atoms with Gasteiger partial charge in [0.15, 0.2) is 5.13 Å². The summed E-state index contributed by atoms with van der Waals surface area (Å²) < 4.78 is 11.6. The first-order chi connectivity index (χ1) is 15.8. The average Bonchev–Trinajstić information content (AvgIpc) is 3.32. The molecule has 2 aliphatic heterocycles. The molecule has 8 heteroatoms. The topological polar surface area (TPSA) is 75.7 Å². The van der Waals surface area contributed by atoms with Crippen LogP contribution >= 0.6 is 11.3 Å². The lowest BCUT2D eigenvalue weighted by Crippen LogP contribution is -2.38. The van der Waals surface area contributed by atoms with Crippen LogP contribution in [0, 0.1) is 0 Å². The molecule has 0 aliphatic carbocycles. The summed E-state index contributed by atoms with van der Waals surface area (Å²) >= 11 is 1.56. The highest BCUT2D eigenvalue weighted by molar-refractivity contribution is 7.13. The Kier molecular flexibility index (Phi) is 6.04. The quantitative estimate of drug-likeness (QED) is 0.564. The summed E-state index contributed by atoms with van der Waals surface area (Å²) in [6.45, 7) is 3.09. The molecule has 7 nitrogen and oxygen atoms in total. The van der Waals surface area contributed by atoms with Crippen LogP contribution in [-0.4, -0.2) is 37.2 Å². The van der Waals surface area contributed by atoms with E-state index in [1.807, 2.05) is 66.1 Å². The zero-order valence-electron chi connectivity index (χ0n) is 17.5. The molecule has 0 bridgehead atoms. The van der Waals surface area contributed by atoms with Crippen molar-refractivity contribution in [2.75, 3.05) is 31.2 Å². The van der Waals surface area contributed by atoms with E-state index in [4.69, 9.17) is 9.47 Å². The first kappa shape index (κ1) is 20.5. The standard InChI is InChI=1S/C24H24N4O3S/c29-23(14-18-16-32-24(25-18)28-10-12-30-13-11-28)27-26-20-15-22(17-6-2-1-3-7-17)31-21-9-5-4-8-19(20)21/h1-9,15-16,22,26H,10-14H2,(H,27,29)/t22-/m1/s1. The Morgan fingerprint density at radius 1 is 1.09 bits per heavy atom. The zero-order chi connectivity index (χ0) is 21.8. The molecule has 0 spiro atoms. The van der Waals surface area contributed by atoms with Gasteiger partial charge in [0.25, 0.3) is 0 Å². The van der Waals surface area contributed by atoms with Crippen molar-refractivity contribution in [2.45, 2.75) is 12.5 Å². The summed E-state index contributed by atoms with van der Waals surface area (Å²) in [5, 5.41) is 2.88. The molecule has 5 rings (SSSR count). The predicted molar refractivity (Wildman–Crippen MR) is 124 cm³/mol. The Hall–Kier alpha value is -3.36. The first-order valence-electron chi connectivity index (χ1n) is 10.6. The molecule has 2 aliphatic rings. The van der Waals surface area contributed by atoms with Gasteiger partial charge in [-0.2, -0.15) is 0 Å². The van der Waals surface area contributed by atoms with Crippen LogP contribution in [0.2, 0.25) is 0 Å².